The van der Waals surface area contributed by atoms with Crippen LogP contribution in [0.2, 0.25) is 0 Å². The Labute approximate surface area is 170 Å². The second-order valence-electron chi connectivity index (χ2n) is 11.4. The zero-order valence-electron chi connectivity index (χ0n) is 17.9. The summed E-state index contributed by atoms with van der Waals surface area (Å²) in [4.78, 5) is 11.1. The monoisotopic (exact) mass is 392 g/mol. The lowest BCUT2D eigenvalue weighted by molar-refractivity contribution is -0.143. The van der Waals surface area contributed by atoms with Gasteiger partial charge in [0.2, 0.25) is 0 Å². The minimum atomic E-state index is -0.707. The van der Waals surface area contributed by atoms with Crippen LogP contribution in [0.5, 0.6) is 0 Å². The summed E-state index contributed by atoms with van der Waals surface area (Å²) in [5, 5.41) is 30.5. The molecule has 0 amide bonds. The molecule has 3 N–H and O–H groups in total. The van der Waals surface area contributed by atoms with Crippen LogP contribution in [0.3, 0.4) is 0 Å². The van der Waals surface area contributed by atoms with Gasteiger partial charge in [-0.2, -0.15) is 0 Å². The van der Waals surface area contributed by atoms with Crippen LogP contribution in [0.1, 0.15) is 85.0 Å². The van der Waals surface area contributed by atoms with Crippen molar-refractivity contribution < 1.29 is 20.1 Å². The van der Waals surface area contributed by atoms with Gasteiger partial charge in [0.25, 0.3) is 0 Å². The van der Waals surface area contributed by atoms with Crippen molar-refractivity contribution >= 4 is 5.97 Å². The van der Waals surface area contributed by atoms with Gasteiger partial charge in [-0.05, 0) is 104 Å². The molecule has 0 aromatic rings. The third-order valence-electron chi connectivity index (χ3n) is 10.2. The fourth-order valence-electron chi connectivity index (χ4n) is 8.78. The number of aliphatic carboxylic acids is 1. The number of fused-ring (bicyclic) bond motifs is 5. The Balaban J connectivity index is 1.56. The van der Waals surface area contributed by atoms with Crippen LogP contribution in [0, 0.1) is 46.3 Å². The lowest BCUT2D eigenvalue weighted by Crippen LogP contribution is -2.55. The van der Waals surface area contributed by atoms with E-state index in [1.165, 1.54) is 25.7 Å². The number of hydrogen-bond donors (Lipinski definition) is 3. The smallest absolute Gasteiger partial charge is 0.303 e. The highest BCUT2D eigenvalue weighted by Crippen LogP contribution is 2.68. The van der Waals surface area contributed by atoms with Gasteiger partial charge in [-0.15, -0.1) is 0 Å². The van der Waals surface area contributed by atoms with Gasteiger partial charge >= 0.3 is 5.97 Å². The first-order chi connectivity index (χ1) is 13.2. The van der Waals surface area contributed by atoms with E-state index < -0.39 is 5.97 Å². The maximum Gasteiger partial charge on any atom is 0.303 e. The quantitative estimate of drug-likeness (QED) is 0.659. The van der Waals surface area contributed by atoms with E-state index in [-0.39, 0.29) is 24.0 Å². The van der Waals surface area contributed by atoms with Gasteiger partial charge < -0.3 is 15.3 Å². The van der Waals surface area contributed by atoms with Gasteiger partial charge in [0.15, 0.2) is 0 Å². The van der Waals surface area contributed by atoms with E-state index in [4.69, 9.17) is 5.11 Å². The Morgan fingerprint density at radius 3 is 2.46 bits per heavy atom. The number of rotatable bonds is 4. The SMILES string of the molecule is C[C@H](CCC(=O)O)[C@H]1C[C@@H](O)[C@H]2[C@@H]3CC[C@@H]4C[C@H](O)CC[C@]4(C)[C@H]3CC[C@@]21C. The number of carbonyl (C=O) groups is 1. The number of carboxylic acids is 1. The standard InChI is InChI=1S/C24H40O4/c1-14(4-7-21(27)28)19-13-20(26)22-17-6-5-15-12-16(25)8-10-23(15,2)18(17)9-11-24(19,22)3/h14-20,22,25-26H,4-13H2,1-3H3,(H,27,28)/t14-,15-,16-,17-,18+,19-,20-,22-,23+,24-/m1/s1. The third kappa shape index (κ3) is 3.14. The Hall–Kier alpha value is -0.610. The first kappa shape index (κ1) is 20.7. The summed E-state index contributed by atoms with van der Waals surface area (Å²) in [7, 11) is 0. The van der Waals surface area contributed by atoms with Crippen LogP contribution in [0.15, 0.2) is 0 Å². The summed E-state index contributed by atoms with van der Waals surface area (Å²) in [6, 6.07) is 0. The average Bonchev–Trinajstić information content (AvgIpc) is 2.91. The molecule has 4 rings (SSSR count). The van der Waals surface area contributed by atoms with Gasteiger partial charge in [-0.1, -0.05) is 20.8 Å². The summed E-state index contributed by atoms with van der Waals surface area (Å²) in [6.07, 6.45) is 9.33. The zero-order valence-corrected chi connectivity index (χ0v) is 17.9. The Morgan fingerprint density at radius 2 is 1.75 bits per heavy atom. The minimum absolute atomic E-state index is 0.111. The van der Waals surface area contributed by atoms with Gasteiger partial charge in [-0.25, -0.2) is 0 Å². The van der Waals surface area contributed by atoms with Crippen molar-refractivity contribution in [2.45, 2.75) is 97.2 Å². The summed E-state index contributed by atoms with van der Waals surface area (Å²) >= 11 is 0. The molecule has 0 spiro atoms. The topological polar surface area (TPSA) is 77.8 Å². The van der Waals surface area contributed by atoms with Crippen molar-refractivity contribution in [2.75, 3.05) is 0 Å². The number of aliphatic hydroxyl groups is 2. The molecule has 0 aliphatic heterocycles. The fourth-order valence-corrected chi connectivity index (χ4v) is 8.78. The Bertz CT molecular complexity index is 605. The highest BCUT2D eigenvalue weighted by molar-refractivity contribution is 5.66. The molecule has 0 heterocycles. The van der Waals surface area contributed by atoms with Gasteiger partial charge in [0.05, 0.1) is 12.2 Å². The van der Waals surface area contributed by atoms with Gasteiger partial charge in [0, 0.05) is 6.42 Å². The Morgan fingerprint density at radius 1 is 1.04 bits per heavy atom. The molecule has 0 bridgehead atoms. The first-order valence-electron chi connectivity index (χ1n) is 11.7. The Kier molecular flexibility index (Phi) is 5.36. The molecule has 0 aromatic carbocycles. The maximum atomic E-state index is 11.2. The van der Waals surface area contributed by atoms with Gasteiger partial charge in [-0.3, -0.25) is 4.79 Å². The summed E-state index contributed by atoms with van der Waals surface area (Å²) in [6.45, 7) is 7.10. The molecular weight excluding hydrogens is 352 g/mol. The zero-order chi connectivity index (χ0) is 20.3. The maximum absolute atomic E-state index is 11.2. The molecule has 0 saturated heterocycles. The van der Waals surface area contributed by atoms with Crippen molar-refractivity contribution in [3.05, 3.63) is 0 Å². The molecule has 0 radical (unpaired) electrons. The van der Waals surface area contributed by atoms with Crippen LogP contribution in [0.25, 0.3) is 0 Å². The van der Waals surface area contributed by atoms with E-state index in [2.05, 4.69) is 20.8 Å². The highest BCUT2D eigenvalue weighted by Gasteiger charge is 2.63. The lowest BCUT2D eigenvalue weighted by Gasteiger charge is -2.61. The molecule has 4 aliphatic rings. The number of carboxylic acid groups (broad SMARTS) is 1. The lowest BCUT2D eigenvalue weighted by atomic mass is 9.44. The molecular formula is C24H40O4. The molecule has 4 saturated carbocycles. The van der Waals surface area contributed by atoms with Crippen LogP contribution in [-0.2, 0) is 4.79 Å². The summed E-state index contributed by atoms with van der Waals surface area (Å²) < 4.78 is 0. The molecule has 0 aromatic heterocycles. The molecule has 4 nitrogen and oxygen atoms in total. The summed E-state index contributed by atoms with van der Waals surface area (Å²) in [5.41, 5.74) is 0.478. The molecule has 10 atom stereocenters. The second-order valence-corrected chi connectivity index (χ2v) is 11.4. The third-order valence-corrected chi connectivity index (χ3v) is 10.2. The fraction of sp³-hybridized carbons (Fsp3) is 0.958. The molecule has 160 valence electrons. The first-order valence-corrected chi connectivity index (χ1v) is 11.7. The van der Waals surface area contributed by atoms with Crippen molar-refractivity contribution in [1.29, 1.82) is 0 Å². The molecule has 4 fully saturated rings. The predicted octanol–water partition coefficient (Wildman–Crippen LogP) is 4.48. The second kappa shape index (κ2) is 7.27. The molecule has 0 unspecified atom stereocenters. The van der Waals surface area contributed by atoms with Crippen LogP contribution < -0.4 is 0 Å². The molecule has 4 heteroatoms. The van der Waals surface area contributed by atoms with Crippen molar-refractivity contribution in [3.8, 4) is 0 Å². The van der Waals surface area contributed by atoms with Crippen molar-refractivity contribution in [3.63, 3.8) is 0 Å². The van der Waals surface area contributed by atoms with E-state index in [9.17, 15) is 15.0 Å². The van der Waals surface area contributed by atoms with E-state index in [0.29, 0.717) is 40.9 Å². The molecule has 28 heavy (non-hydrogen) atoms. The van der Waals surface area contributed by atoms with E-state index >= 15 is 0 Å². The van der Waals surface area contributed by atoms with Crippen LogP contribution in [0.4, 0.5) is 0 Å². The highest BCUT2D eigenvalue weighted by atomic mass is 16.4. The van der Waals surface area contributed by atoms with Crippen LogP contribution >= 0.6 is 0 Å². The number of aliphatic hydroxyl groups excluding tert-OH is 2. The minimum Gasteiger partial charge on any atom is -0.481 e. The van der Waals surface area contributed by atoms with E-state index in [1.807, 2.05) is 0 Å². The van der Waals surface area contributed by atoms with Crippen molar-refractivity contribution in [1.82, 2.24) is 0 Å². The van der Waals surface area contributed by atoms with Crippen molar-refractivity contribution in [2.24, 2.45) is 46.3 Å². The average molecular weight is 393 g/mol. The van der Waals surface area contributed by atoms with Crippen LogP contribution in [-0.4, -0.2) is 33.5 Å². The number of hydrogen-bond acceptors (Lipinski definition) is 3. The molecule has 4 aliphatic carbocycles. The van der Waals surface area contributed by atoms with E-state index in [0.717, 1.165) is 32.1 Å². The van der Waals surface area contributed by atoms with Gasteiger partial charge in [0.1, 0.15) is 0 Å². The predicted molar refractivity (Wildman–Crippen MR) is 109 cm³/mol. The van der Waals surface area contributed by atoms with E-state index in [1.54, 1.807) is 0 Å². The normalized spacial score (nSPS) is 51.7. The largest absolute Gasteiger partial charge is 0.481 e. The summed E-state index contributed by atoms with van der Waals surface area (Å²) in [5.74, 6) is 2.38.